The molecule has 4 aliphatic carbocycles. The van der Waals surface area contributed by atoms with E-state index in [1.54, 1.807) is 0 Å². The number of fused-ring (bicyclic) bond motifs is 1. The Labute approximate surface area is 154 Å². The molecule has 5 fully saturated rings. The average Bonchev–Trinajstić information content (AvgIpc) is 2.60. The molecule has 4 bridgehead atoms. The van der Waals surface area contributed by atoms with Gasteiger partial charge < -0.3 is 4.74 Å². The minimum absolute atomic E-state index is 0.380. The zero-order valence-corrected chi connectivity index (χ0v) is 15.2. The molecule has 3 nitrogen and oxygen atoms in total. The summed E-state index contributed by atoms with van der Waals surface area (Å²) in [5.41, 5.74) is 1.48. The maximum absolute atomic E-state index is 6.60. The van der Waals surface area contributed by atoms with Crippen LogP contribution < -0.4 is 0 Å². The van der Waals surface area contributed by atoms with Gasteiger partial charge in [-0.05, 0) is 72.5 Å². The summed E-state index contributed by atoms with van der Waals surface area (Å²) in [6.45, 7) is 1.29. The fourth-order valence-corrected chi connectivity index (χ4v) is 6.73. The van der Waals surface area contributed by atoms with Crippen LogP contribution in [0.1, 0.15) is 44.1 Å². The van der Waals surface area contributed by atoms with Gasteiger partial charge in [0.1, 0.15) is 6.61 Å². The second-order valence-corrected chi connectivity index (χ2v) is 9.33. The first-order chi connectivity index (χ1) is 12.7. The number of benzene rings is 2. The SMILES string of the molecule is c1ccc2c(C3(OCC45CC6CC(CC(C6)C4)C5)COO3)cccc2c1. The molecular weight excluding hydrogens is 324 g/mol. The van der Waals surface area contributed by atoms with Crippen molar-refractivity contribution in [2.24, 2.45) is 23.2 Å². The molecular formula is C23H26O3. The highest BCUT2D eigenvalue weighted by molar-refractivity contribution is 5.86. The van der Waals surface area contributed by atoms with E-state index in [1.807, 2.05) is 0 Å². The lowest BCUT2D eigenvalue weighted by molar-refractivity contribution is -0.550. The van der Waals surface area contributed by atoms with E-state index in [-0.39, 0.29) is 0 Å². The third-order valence-corrected chi connectivity index (χ3v) is 7.42. The van der Waals surface area contributed by atoms with Gasteiger partial charge in [-0.15, -0.1) is 0 Å². The highest BCUT2D eigenvalue weighted by atomic mass is 17.3. The minimum Gasteiger partial charge on any atom is -0.341 e. The van der Waals surface area contributed by atoms with Crippen molar-refractivity contribution in [2.45, 2.75) is 44.3 Å². The zero-order chi connectivity index (χ0) is 17.2. The van der Waals surface area contributed by atoms with E-state index in [4.69, 9.17) is 14.5 Å². The molecule has 3 heteroatoms. The molecule has 2 aromatic carbocycles. The van der Waals surface area contributed by atoms with Crippen LogP contribution in [-0.2, 0) is 20.3 Å². The fourth-order valence-electron chi connectivity index (χ4n) is 6.73. The summed E-state index contributed by atoms with van der Waals surface area (Å²) in [6, 6.07) is 14.8. The third kappa shape index (κ3) is 2.30. The lowest BCUT2D eigenvalue weighted by atomic mass is 9.50. The van der Waals surface area contributed by atoms with Crippen molar-refractivity contribution in [1.82, 2.24) is 0 Å². The van der Waals surface area contributed by atoms with Gasteiger partial charge in [-0.3, -0.25) is 0 Å². The molecule has 0 aromatic heterocycles. The van der Waals surface area contributed by atoms with Gasteiger partial charge >= 0.3 is 0 Å². The average molecular weight is 350 g/mol. The summed E-state index contributed by atoms with van der Waals surface area (Å²) < 4.78 is 6.60. The van der Waals surface area contributed by atoms with Gasteiger partial charge in [0, 0.05) is 5.56 Å². The van der Waals surface area contributed by atoms with Gasteiger partial charge in [0.05, 0.1) is 6.61 Å². The number of rotatable bonds is 4. The first-order valence-corrected chi connectivity index (χ1v) is 10.2. The largest absolute Gasteiger partial charge is 0.341 e. The van der Waals surface area contributed by atoms with E-state index in [1.165, 1.54) is 49.3 Å². The van der Waals surface area contributed by atoms with Gasteiger partial charge in [0.25, 0.3) is 5.79 Å². The maximum atomic E-state index is 6.60. The molecule has 5 aliphatic rings. The second-order valence-electron chi connectivity index (χ2n) is 9.33. The lowest BCUT2D eigenvalue weighted by Crippen LogP contribution is -2.53. The summed E-state index contributed by atoms with van der Waals surface area (Å²) >= 11 is 0. The van der Waals surface area contributed by atoms with Crippen LogP contribution in [0.4, 0.5) is 0 Å². The van der Waals surface area contributed by atoms with Gasteiger partial charge in [-0.1, -0.05) is 42.5 Å². The first-order valence-electron chi connectivity index (χ1n) is 10.2. The summed E-state index contributed by atoms with van der Waals surface area (Å²) in [7, 11) is 0. The van der Waals surface area contributed by atoms with Gasteiger partial charge in [0.15, 0.2) is 0 Å². The van der Waals surface area contributed by atoms with Crippen LogP contribution in [0.3, 0.4) is 0 Å². The Bertz CT molecular complexity index is 798. The predicted molar refractivity (Wildman–Crippen MR) is 99.2 cm³/mol. The Hall–Kier alpha value is -1.42. The number of hydrogen-bond acceptors (Lipinski definition) is 3. The Morgan fingerprint density at radius 3 is 2.19 bits per heavy atom. The minimum atomic E-state index is -0.732. The molecule has 1 atom stereocenters. The quantitative estimate of drug-likeness (QED) is 0.711. The number of ether oxygens (including phenoxy) is 1. The highest BCUT2D eigenvalue weighted by Crippen LogP contribution is 2.60. The lowest BCUT2D eigenvalue weighted by Gasteiger charge is -2.57. The van der Waals surface area contributed by atoms with E-state index in [0.717, 1.165) is 29.9 Å². The van der Waals surface area contributed by atoms with Gasteiger partial charge in [-0.25, -0.2) is 4.89 Å². The molecule has 0 radical (unpaired) electrons. The molecule has 1 aliphatic heterocycles. The van der Waals surface area contributed by atoms with Crippen molar-refractivity contribution < 1.29 is 14.5 Å². The standard InChI is InChI=1S/C23H26O3/c1-2-6-20-19(4-1)5-3-7-21(20)23(15-25-26-23)24-14-22-11-16-8-17(12-22)10-18(9-16)13-22/h1-7,16-18H,8-15H2. The van der Waals surface area contributed by atoms with Crippen LogP contribution in [0, 0.1) is 23.2 Å². The van der Waals surface area contributed by atoms with Crippen molar-refractivity contribution >= 4 is 10.8 Å². The molecule has 26 heavy (non-hydrogen) atoms. The fraction of sp³-hybridized carbons (Fsp3) is 0.565. The van der Waals surface area contributed by atoms with E-state index in [9.17, 15) is 0 Å². The zero-order valence-electron chi connectivity index (χ0n) is 15.2. The monoisotopic (exact) mass is 350 g/mol. The Kier molecular flexibility index (Phi) is 3.33. The van der Waals surface area contributed by atoms with Crippen LogP contribution in [0.2, 0.25) is 0 Å². The summed E-state index contributed by atoms with van der Waals surface area (Å²) in [4.78, 5) is 10.8. The van der Waals surface area contributed by atoms with Crippen molar-refractivity contribution in [3.63, 3.8) is 0 Å². The number of hydrogen-bond donors (Lipinski definition) is 0. The van der Waals surface area contributed by atoms with Crippen molar-refractivity contribution in [3.05, 3.63) is 48.0 Å². The molecule has 1 saturated heterocycles. The highest BCUT2D eigenvalue weighted by Gasteiger charge is 2.53. The summed E-state index contributed by atoms with van der Waals surface area (Å²) in [5, 5.41) is 2.42. The van der Waals surface area contributed by atoms with Crippen LogP contribution in [-0.4, -0.2) is 13.2 Å². The molecule has 136 valence electrons. The Balaban J connectivity index is 1.30. The second kappa shape index (κ2) is 5.54. The molecule has 1 heterocycles. The van der Waals surface area contributed by atoms with Crippen LogP contribution in [0.15, 0.2) is 42.5 Å². The van der Waals surface area contributed by atoms with E-state index < -0.39 is 5.79 Å². The van der Waals surface area contributed by atoms with Crippen LogP contribution in [0.5, 0.6) is 0 Å². The Morgan fingerprint density at radius 2 is 1.54 bits per heavy atom. The molecule has 0 amide bonds. The molecule has 4 saturated carbocycles. The van der Waals surface area contributed by atoms with E-state index in [2.05, 4.69) is 42.5 Å². The maximum Gasteiger partial charge on any atom is 0.255 e. The summed E-state index contributed by atoms with van der Waals surface area (Å²) in [5.74, 6) is 2.09. The summed E-state index contributed by atoms with van der Waals surface area (Å²) in [6.07, 6.45) is 8.45. The van der Waals surface area contributed by atoms with E-state index in [0.29, 0.717) is 12.0 Å². The van der Waals surface area contributed by atoms with E-state index >= 15 is 0 Å². The van der Waals surface area contributed by atoms with Crippen molar-refractivity contribution in [1.29, 1.82) is 0 Å². The molecule has 0 N–H and O–H groups in total. The van der Waals surface area contributed by atoms with Crippen molar-refractivity contribution in [3.8, 4) is 0 Å². The predicted octanol–water partition coefficient (Wildman–Crippen LogP) is 5.19. The Morgan fingerprint density at radius 1 is 0.885 bits per heavy atom. The topological polar surface area (TPSA) is 27.7 Å². The first kappa shape index (κ1) is 15.6. The smallest absolute Gasteiger partial charge is 0.255 e. The molecule has 2 aromatic rings. The van der Waals surface area contributed by atoms with Gasteiger partial charge in [0.2, 0.25) is 0 Å². The van der Waals surface area contributed by atoms with Crippen LogP contribution in [0.25, 0.3) is 10.8 Å². The molecule has 1 unspecified atom stereocenters. The molecule has 0 spiro atoms. The molecule has 7 rings (SSSR count). The van der Waals surface area contributed by atoms with Crippen LogP contribution >= 0.6 is 0 Å². The van der Waals surface area contributed by atoms with Crippen molar-refractivity contribution in [2.75, 3.05) is 13.2 Å². The third-order valence-electron chi connectivity index (χ3n) is 7.42. The normalized spacial score (nSPS) is 40.7. The van der Waals surface area contributed by atoms with Gasteiger partial charge in [-0.2, -0.15) is 4.89 Å².